The van der Waals surface area contributed by atoms with Gasteiger partial charge in [-0.15, -0.1) is 0 Å². The van der Waals surface area contributed by atoms with Crippen LogP contribution in [0, 0.1) is 0 Å². The predicted molar refractivity (Wildman–Crippen MR) is 101 cm³/mol. The van der Waals surface area contributed by atoms with Crippen molar-refractivity contribution >= 4 is 11.9 Å². The number of benzene rings is 1. The molecule has 0 atom stereocenters. The number of fused-ring (bicyclic) bond motifs is 1. The van der Waals surface area contributed by atoms with E-state index in [1.807, 2.05) is 18.2 Å². The van der Waals surface area contributed by atoms with Crippen LogP contribution < -0.4 is 24.4 Å². The summed E-state index contributed by atoms with van der Waals surface area (Å²) in [5, 5.41) is 2.86. The minimum Gasteiger partial charge on any atom is -0.467 e. The summed E-state index contributed by atoms with van der Waals surface area (Å²) in [5.41, 5.74) is 0.851. The number of hydrogen-bond acceptors (Lipinski definition) is 8. The SMILES string of the molecule is COc1nc(CNC(=O)Cc2ccc3c(c2)OCO3)nc(N2CCCCC2)n1. The van der Waals surface area contributed by atoms with Crippen LogP contribution in [0.1, 0.15) is 30.7 Å². The van der Waals surface area contributed by atoms with Crippen LogP contribution in [0.4, 0.5) is 5.95 Å². The van der Waals surface area contributed by atoms with Crippen molar-refractivity contribution < 1.29 is 19.0 Å². The molecule has 1 saturated heterocycles. The first kappa shape index (κ1) is 18.3. The number of anilines is 1. The van der Waals surface area contributed by atoms with Crippen molar-refractivity contribution in [3.63, 3.8) is 0 Å². The highest BCUT2D eigenvalue weighted by Crippen LogP contribution is 2.32. The molecule has 0 unspecified atom stereocenters. The number of aromatic nitrogens is 3. The van der Waals surface area contributed by atoms with E-state index in [0.717, 1.165) is 31.5 Å². The average molecular weight is 385 g/mol. The first-order chi connectivity index (χ1) is 13.7. The summed E-state index contributed by atoms with van der Waals surface area (Å²) >= 11 is 0. The largest absolute Gasteiger partial charge is 0.467 e. The Hall–Kier alpha value is -3.10. The van der Waals surface area contributed by atoms with Crippen molar-refractivity contribution in [3.8, 4) is 17.5 Å². The Morgan fingerprint density at radius 2 is 1.96 bits per heavy atom. The van der Waals surface area contributed by atoms with E-state index in [1.54, 1.807) is 0 Å². The summed E-state index contributed by atoms with van der Waals surface area (Å²) in [5.74, 6) is 2.32. The van der Waals surface area contributed by atoms with Gasteiger partial charge in [0.2, 0.25) is 18.6 Å². The molecule has 0 bridgehead atoms. The van der Waals surface area contributed by atoms with Gasteiger partial charge in [-0.25, -0.2) is 0 Å². The molecular weight excluding hydrogens is 362 g/mol. The van der Waals surface area contributed by atoms with Crippen molar-refractivity contribution in [2.24, 2.45) is 0 Å². The number of ether oxygens (including phenoxy) is 3. The van der Waals surface area contributed by atoms with Gasteiger partial charge in [-0.05, 0) is 37.0 Å². The van der Waals surface area contributed by atoms with Gasteiger partial charge in [0.05, 0.1) is 20.1 Å². The van der Waals surface area contributed by atoms with E-state index in [1.165, 1.54) is 13.5 Å². The van der Waals surface area contributed by atoms with Crippen LogP contribution in [-0.2, 0) is 17.8 Å². The summed E-state index contributed by atoms with van der Waals surface area (Å²) in [6.45, 7) is 2.26. The topological polar surface area (TPSA) is 98.7 Å². The van der Waals surface area contributed by atoms with Crippen molar-refractivity contribution in [1.82, 2.24) is 20.3 Å². The molecular formula is C19H23N5O4. The van der Waals surface area contributed by atoms with Gasteiger partial charge in [-0.3, -0.25) is 4.79 Å². The Bertz CT molecular complexity index is 854. The third-order valence-corrected chi connectivity index (χ3v) is 4.72. The second-order valence-corrected chi connectivity index (χ2v) is 6.73. The van der Waals surface area contributed by atoms with Gasteiger partial charge in [0.1, 0.15) is 0 Å². The number of hydrogen-bond donors (Lipinski definition) is 1. The van der Waals surface area contributed by atoms with Crippen LogP contribution in [0.15, 0.2) is 18.2 Å². The van der Waals surface area contributed by atoms with Gasteiger partial charge >= 0.3 is 6.01 Å². The highest BCUT2D eigenvalue weighted by molar-refractivity contribution is 5.78. The zero-order valence-electron chi connectivity index (χ0n) is 15.8. The number of carbonyl (C=O) groups is 1. The molecule has 3 heterocycles. The van der Waals surface area contributed by atoms with Gasteiger partial charge in [-0.1, -0.05) is 6.07 Å². The number of piperidine rings is 1. The molecule has 148 valence electrons. The molecule has 0 aliphatic carbocycles. The molecule has 0 radical (unpaired) electrons. The van der Waals surface area contributed by atoms with E-state index >= 15 is 0 Å². The highest BCUT2D eigenvalue weighted by atomic mass is 16.7. The maximum Gasteiger partial charge on any atom is 0.321 e. The number of amides is 1. The molecule has 0 saturated carbocycles. The molecule has 1 amide bonds. The molecule has 1 fully saturated rings. The Morgan fingerprint density at radius 1 is 1.14 bits per heavy atom. The normalized spacial score (nSPS) is 15.4. The number of methoxy groups -OCH3 is 1. The lowest BCUT2D eigenvalue weighted by Gasteiger charge is -2.26. The van der Waals surface area contributed by atoms with Crippen LogP contribution in [0.25, 0.3) is 0 Å². The molecule has 9 nitrogen and oxygen atoms in total. The fourth-order valence-electron chi connectivity index (χ4n) is 3.27. The number of nitrogens with zero attached hydrogens (tertiary/aromatic N) is 4. The fraction of sp³-hybridized carbons (Fsp3) is 0.474. The van der Waals surface area contributed by atoms with Crippen molar-refractivity contribution in [2.45, 2.75) is 32.2 Å². The molecule has 28 heavy (non-hydrogen) atoms. The zero-order valence-corrected chi connectivity index (χ0v) is 15.8. The average Bonchev–Trinajstić information content (AvgIpc) is 3.20. The van der Waals surface area contributed by atoms with Crippen LogP contribution in [0.5, 0.6) is 17.5 Å². The Balaban J connectivity index is 1.38. The maximum atomic E-state index is 12.3. The smallest absolute Gasteiger partial charge is 0.321 e. The van der Waals surface area contributed by atoms with E-state index < -0.39 is 0 Å². The lowest BCUT2D eigenvalue weighted by molar-refractivity contribution is -0.120. The summed E-state index contributed by atoms with van der Waals surface area (Å²) in [6, 6.07) is 5.75. The van der Waals surface area contributed by atoms with E-state index in [2.05, 4.69) is 25.2 Å². The summed E-state index contributed by atoms with van der Waals surface area (Å²) in [7, 11) is 1.53. The minimum atomic E-state index is -0.127. The van der Waals surface area contributed by atoms with E-state index in [-0.39, 0.29) is 31.7 Å². The van der Waals surface area contributed by atoms with Gasteiger partial charge in [0.15, 0.2) is 17.3 Å². The Kier molecular flexibility index (Phi) is 5.41. The summed E-state index contributed by atoms with van der Waals surface area (Å²) in [4.78, 5) is 27.6. The van der Waals surface area contributed by atoms with Crippen molar-refractivity contribution in [1.29, 1.82) is 0 Å². The molecule has 9 heteroatoms. The van der Waals surface area contributed by atoms with E-state index in [4.69, 9.17) is 14.2 Å². The minimum absolute atomic E-state index is 0.127. The molecule has 0 spiro atoms. The van der Waals surface area contributed by atoms with Crippen LogP contribution >= 0.6 is 0 Å². The van der Waals surface area contributed by atoms with Crippen molar-refractivity contribution in [2.75, 3.05) is 31.9 Å². The fourth-order valence-corrected chi connectivity index (χ4v) is 3.27. The lowest BCUT2D eigenvalue weighted by atomic mass is 10.1. The Labute approximate surface area is 163 Å². The maximum absolute atomic E-state index is 12.3. The third kappa shape index (κ3) is 4.24. The zero-order chi connectivity index (χ0) is 19.3. The first-order valence-electron chi connectivity index (χ1n) is 9.40. The molecule has 2 aromatic rings. The number of rotatable bonds is 6. The molecule has 1 aromatic carbocycles. The quantitative estimate of drug-likeness (QED) is 0.798. The first-order valence-corrected chi connectivity index (χ1v) is 9.40. The number of carbonyl (C=O) groups excluding carboxylic acids is 1. The second kappa shape index (κ2) is 8.28. The summed E-state index contributed by atoms with van der Waals surface area (Å²) < 4.78 is 15.8. The molecule has 1 N–H and O–H groups in total. The Morgan fingerprint density at radius 3 is 2.79 bits per heavy atom. The molecule has 2 aliphatic heterocycles. The molecule has 2 aliphatic rings. The number of nitrogens with one attached hydrogen (secondary N) is 1. The van der Waals surface area contributed by atoms with Gasteiger partial charge in [0.25, 0.3) is 0 Å². The van der Waals surface area contributed by atoms with E-state index in [0.29, 0.717) is 23.3 Å². The van der Waals surface area contributed by atoms with Crippen LogP contribution in [0.3, 0.4) is 0 Å². The summed E-state index contributed by atoms with van der Waals surface area (Å²) in [6.07, 6.45) is 3.70. The van der Waals surface area contributed by atoms with Gasteiger partial charge < -0.3 is 24.4 Å². The van der Waals surface area contributed by atoms with Crippen LogP contribution in [0.2, 0.25) is 0 Å². The van der Waals surface area contributed by atoms with E-state index in [9.17, 15) is 4.79 Å². The second-order valence-electron chi connectivity index (χ2n) is 6.73. The van der Waals surface area contributed by atoms with Crippen LogP contribution in [-0.4, -0.2) is 47.9 Å². The van der Waals surface area contributed by atoms with Crippen molar-refractivity contribution in [3.05, 3.63) is 29.6 Å². The molecule has 4 rings (SSSR count). The highest BCUT2D eigenvalue weighted by Gasteiger charge is 2.17. The standard InChI is InChI=1S/C19H23N5O4/c1-26-19-22-16(21-18(23-19)24-7-3-2-4-8-24)11-20-17(25)10-13-5-6-14-15(9-13)28-12-27-14/h5-6,9H,2-4,7-8,10-12H2,1H3,(H,20,25). The molecule has 1 aromatic heterocycles. The van der Waals surface area contributed by atoms with Gasteiger partial charge in [0, 0.05) is 13.1 Å². The third-order valence-electron chi connectivity index (χ3n) is 4.72. The predicted octanol–water partition coefficient (Wildman–Crippen LogP) is 1.46. The lowest BCUT2D eigenvalue weighted by Crippen LogP contribution is -2.32. The monoisotopic (exact) mass is 385 g/mol. The van der Waals surface area contributed by atoms with Gasteiger partial charge in [-0.2, -0.15) is 15.0 Å².